The summed E-state index contributed by atoms with van der Waals surface area (Å²) in [4.78, 5) is 40.4. The highest BCUT2D eigenvalue weighted by molar-refractivity contribution is 6.08. The molecule has 1 spiro atoms. The van der Waals surface area contributed by atoms with Crippen LogP contribution in [0.3, 0.4) is 0 Å². The minimum Gasteiger partial charge on any atom is -0.462 e. The van der Waals surface area contributed by atoms with Gasteiger partial charge in [-0.2, -0.15) is 13.8 Å². The minimum atomic E-state index is -1.21. The summed E-state index contributed by atoms with van der Waals surface area (Å²) >= 11 is 0. The Labute approximate surface area is 231 Å². The van der Waals surface area contributed by atoms with Crippen molar-refractivity contribution >= 4 is 28.6 Å². The number of amides is 2. The van der Waals surface area contributed by atoms with Gasteiger partial charge in [0.2, 0.25) is 11.9 Å². The molecule has 2 aliphatic rings. The number of hydrogen-bond acceptors (Lipinski definition) is 5. The maximum absolute atomic E-state index is 14.4. The van der Waals surface area contributed by atoms with Crippen molar-refractivity contribution in [2.24, 2.45) is 0 Å². The second-order valence-electron chi connectivity index (χ2n) is 10.4. The van der Waals surface area contributed by atoms with Crippen LogP contribution >= 0.6 is 0 Å². The maximum Gasteiger partial charge on any atom is 0.270 e. The van der Waals surface area contributed by atoms with Gasteiger partial charge >= 0.3 is 0 Å². The van der Waals surface area contributed by atoms with Crippen LogP contribution in [0.2, 0.25) is 0 Å². The monoisotopic (exact) mass is 557 g/mol. The van der Waals surface area contributed by atoms with Gasteiger partial charge in [0.05, 0.1) is 11.1 Å². The van der Waals surface area contributed by atoms with Gasteiger partial charge in [-0.05, 0) is 54.8 Å². The van der Waals surface area contributed by atoms with E-state index in [1.54, 1.807) is 29.6 Å². The summed E-state index contributed by atoms with van der Waals surface area (Å²) in [5, 5.41) is 0. The zero-order chi connectivity index (χ0) is 28.3. The molecule has 6 heterocycles. The van der Waals surface area contributed by atoms with Crippen LogP contribution in [0.15, 0.2) is 71.6 Å². The Hall–Kier alpha value is -4.93. The summed E-state index contributed by atoms with van der Waals surface area (Å²) in [5.41, 5.74) is 3.39. The number of H-pyrrole nitrogens is 1. The Morgan fingerprint density at radius 1 is 1.00 bits per heavy atom. The molecule has 1 fully saturated rings. The van der Waals surface area contributed by atoms with E-state index < -0.39 is 29.0 Å². The lowest BCUT2D eigenvalue weighted by atomic mass is 9.74. The van der Waals surface area contributed by atoms with E-state index in [1.165, 1.54) is 23.1 Å². The van der Waals surface area contributed by atoms with Crippen molar-refractivity contribution in [1.82, 2.24) is 19.9 Å². The summed E-state index contributed by atoms with van der Waals surface area (Å²) in [6.07, 6.45) is 5.93. The van der Waals surface area contributed by atoms with Crippen molar-refractivity contribution in [3.8, 4) is 11.1 Å². The molecular formula is C30H22F3N5O3. The molecule has 5 aromatic rings. The summed E-state index contributed by atoms with van der Waals surface area (Å²) in [6.45, 7) is 0.894. The quantitative estimate of drug-likeness (QED) is 0.297. The van der Waals surface area contributed by atoms with Gasteiger partial charge in [0.1, 0.15) is 17.8 Å². The van der Waals surface area contributed by atoms with Gasteiger partial charge in [0.15, 0.2) is 5.58 Å². The first kappa shape index (κ1) is 25.1. The number of anilines is 1. The topological polar surface area (TPSA) is 95.3 Å². The number of halogens is 3. The number of nitrogens with one attached hydrogen (secondary N) is 1. The first-order valence-electron chi connectivity index (χ1n) is 13.1. The smallest absolute Gasteiger partial charge is 0.270 e. The molecule has 4 aromatic heterocycles. The summed E-state index contributed by atoms with van der Waals surface area (Å²) in [5.74, 6) is -3.57. The van der Waals surface area contributed by atoms with Crippen LogP contribution in [-0.2, 0) is 5.41 Å². The SMILES string of the molecule is O=C(c1cc2occ(-c3cccnc3)c2[nH]1)N1CCC2(CC1)CN(C(=O)c1ccc(F)nc1F)c1ccc(F)cc12. The number of hydrogen-bond donors (Lipinski definition) is 1. The lowest BCUT2D eigenvalue weighted by Gasteiger charge is -2.39. The summed E-state index contributed by atoms with van der Waals surface area (Å²) < 4.78 is 47.8. The Kier molecular flexibility index (Phi) is 5.70. The fourth-order valence-corrected chi connectivity index (χ4v) is 6.03. The highest BCUT2D eigenvalue weighted by Crippen LogP contribution is 2.48. The van der Waals surface area contributed by atoms with Crippen LogP contribution in [0, 0.1) is 17.7 Å². The van der Waals surface area contributed by atoms with Gasteiger partial charge in [0.25, 0.3) is 11.8 Å². The Balaban J connectivity index is 1.13. The Bertz CT molecular complexity index is 1830. The van der Waals surface area contributed by atoms with Crippen LogP contribution in [0.5, 0.6) is 0 Å². The van der Waals surface area contributed by atoms with Crippen molar-refractivity contribution in [3.63, 3.8) is 0 Å². The fourth-order valence-electron chi connectivity index (χ4n) is 6.03. The molecule has 0 radical (unpaired) electrons. The molecule has 7 rings (SSSR count). The van der Waals surface area contributed by atoms with Crippen molar-refractivity contribution in [1.29, 1.82) is 0 Å². The average Bonchev–Trinajstić information content (AvgIpc) is 3.65. The van der Waals surface area contributed by atoms with Crippen molar-refractivity contribution < 1.29 is 27.2 Å². The van der Waals surface area contributed by atoms with Crippen LogP contribution in [0.1, 0.15) is 39.3 Å². The number of rotatable bonds is 3. The van der Waals surface area contributed by atoms with E-state index in [-0.39, 0.29) is 18.0 Å². The molecule has 1 N–H and O–H groups in total. The predicted octanol–water partition coefficient (Wildman–Crippen LogP) is 5.47. The number of benzene rings is 1. The van der Waals surface area contributed by atoms with Crippen molar-refractivity contribution in [2.75, 3.05) is 24.5 Å². The maximum atomic E-state index is 14.4. The molecule has 0 saturated carbocycles. The lowest BCUT2D eigenvalue weighted by molar-refractivity contribution is 0.0665. The first-order chi connectivity index (χ1) is 19.8. The fraction of sp³-hybridized carbons (Fsp3) is 0.200. The second kappa shape index (κ2) is 9.33. The van der Waals surface area contributed by atoms with Crippen LogP contribution in [-0.4, -0.2) is 51.3 Å². The number of fused-ring (bicyclic) bond motifs is 3. The standard InChI is InChI=1S/C30H22F3N5O3/c31-18-3-5-23-21(12-18)30(16-38(23)28(39)19-4-6-25(32)36-27(19)33)7-10-37(11-8-30)29(40)22-13-24-26(35-22)20(15-41-24)17-2-1-9-34-14-17/h1-6,9,12-15,35H,7-8,10-11,16H2. The third kappa shape index (κ3) is 4.07. The molecule has 41 heavy (non-hydrogen) atoms. The van der Waals surface area contributed by atoms with Crippen molar-refractivity contribution in [2.45, 2.75) is 18.3 Å². The summed E-state index contributed by atoms with van der Waals surface area (Å²) in [7, 11) is 0. The number of aromatic amines is 1. The molecule has 1 aromatic carbocycles. The number of pyridine rings is 2. The van der Waals surface area contributed by atoms with Crippen LogP contribution in [0.4, 0.5) is 18.9 Å². The summed E-state index contributed by atoms with van der Waals surface area (Å²) in [6, 6.07) is 11.5. The number of carbonyl (C=O) groups excluding carboxylic acids is 2. The van der Waals surface area contributed by atoms with E-state index in [4.69, 9.17) is 4.42 Å². The van der Waals surface area contributed by atoms with E-state index in [0.29, 0.717) is 54.0 Å². The zero-order valence-electron chi connectivity index (χ0n) is 21.5. The molecule has 0 atom stereocenters. The van der Waals surface area contributed by atoms with E-state index in [9.17, 15) is 22.8 Å². The normalized spacial score (nSPS) is 16.0. The number of aromatic nitrogens is 3. The van der Waals surface area contributed by atoms with Crippen molar-refractivity contribution in [3.05, 3.63) is 102 Å². The van der Waals surface area contributed by atoms with Gasteiger partial charge in [-0.25, -0.2) is 4.39 Å². The Morgan fingerprint density at radius 3 is 2.59 bits per heavy atom. The molecule has 0 bridgehead atoms. The highest BCUT2D eigenvalue weighted by Gasteiger charge is 2.47. The number of nitrogens with zero attached hydrogens (tertiary/aromatic N) is 4. The van der Waals surface area contributed by atoms with E-state index in [0.717, 1.165) is 23.3 Å². The number of piperidine rings is 1. The number of furan rings is 1. The Morgan fingerprint density at radius 2 is 1.83 bits per heavy atom. The third-order valence-corrected chi connectivity index (χ3v) is 8.14. The highest BCUT2D eigenvalue weighted by atomic mass is 19.1. The predicted molar refractivity (Wildman–Crippen MR) is 143 cm³/mol. The van der Waals surface area contributed by atoms with Gasteiger partial charge in [-0.3, -0.25) is 14.6 Å². The van der Waals surface area contributed by atoms with Gasteiger partial charge in [-0.1, -0.05) is 6.07 Å². The van der Waals surface area contributed by atoms with E-state index in [1.807, 2.05) is 12.1 Å². The second-order valence-corrected chi connectivity index (χ2v) is 10.4. The van der Waals surface area contributed by atoms with Gasteiger partial charge in [0, 0.05) is 60.3 Å². The molecular weight excluding hydrogens is 535 g/mol. The molecule has 2 amide bonds. The number of likely N-dealkylation sites (tertiary alicyclic amines) is 1. The molecule has 8 nitrogen and oxygen atoms in total. The van der Waals surface area contributed by atoms with Crippen LogP contribution in [0.25, 0.3) is 22.2 Å². The zero-order valence-corrected chi connectivity index (χ0v) is 21.5. The van der Waals surface area contributed by atoms with Gasteiger partial charge < -0.3 is 19.2 Å². The molecule has 0 unspecified atom stereocenters. The molecule has 2 aliphatic heterocycles. The number of carbonyl (C=O) groups is 2. The molecule has 11 heteroatoms. The molecule has 0 aliphatic carbocycles. The van der Waals surface area contributed by atoms with E-state index >= 15 is 0 Å². The molecule has 1 saturated heterocycles. The lowest BCUT2D eigenvalue weighted by Crippen LogP contribution is -2.48. The minimum absolute atomic E-state index is 0.174. The van der Waals surface area contributed by atoms with Crippen LogP contribution < -0.4 is 4.90 Å². The first-order valence-corrected chi connectivity index (χ1v) is 13.1. The van der Waals surface area contributed by atoms with E-state index in [2.05, 4.69) is 15.0 Å². The third-order valence-electron chi connectivity index (χ3n) is 8.14. The van der Waals surface area contributed by atoms with Gasteiger partial charge in [-0.15, -0.1) is 0 Å². The average molecular weight is 558 g/mol. The molecule has 206 valence electrons. The largest absolute Gasteiger partial charge is 0.462 e.